The Kier molecular flexibility index (Phi) is 5.53. The molecule has 1 atom stereocenters. The molecule has 1 unspecified atom stereocenters. The zero-order chi connectivity index (χ0) is 14.4. The first-order valence-corrected chi connectivity index (χ1v) is 5.50. The molecule has 0 aromatic heterocycles. The zero-order valence-corrected chi connectivity index (χ0v) is 11.0. The number of ether oxygens (including phenoxy) is 3. The fraction of sp³-hybridized carbons (Fsp3) is 0.417. The van der Waals surface area contributed by atoms with Gasteiger partial charge in [-0.3, -0.25) is 4.79 Å². The first kappa shape index (κ1) is 15.2. The van der Waals surface area contributed by atoms with Crippen LogP contribution in [0.3, 0.4) is 0 Å². The molecular formula is C12H17FN2O4. The highest BCUT2D eigenvalue weighted by Gasteiger charge is 2.17. The standard InChI is InChI=1S/C12H17FN2O4/c1-17-6-8(14)12(16)15-9-4-7(13)10(18-2)5-11(9)19-3/h4-5,8H,6,14H2,1-3H3,(H,15,16). The number of benzene rings is 1. The summed E-state index contributed by atoms with van der Waals surface area (Å²) in [5.74, 6) is -0.809. The van der Waals surface area contributed by atoms with Crippen LogP contribution in [0.15, 0.2) is 12.1 Å². The SMILES string of the molecule is COCC(N)C(=O)Nc1cc(F)c(OC)cc1OC. The van der Waals surface area contributed by atoms with Gasteiger partial charge in [-0.25, -0.2) is 4.39 Å². The maximum Gasteiger partial charge on any atom is 0.243 e. The molecule has 0 heterocycles. The van der Waals surface area contributed by atoms with Gasteiger partial charge in [-0.05, 0) is 0 Å². The summed E-state index contributed by atoms with van der Waals surface area (Å²) in [6.45, 7) is 0.0623. The summed E-state index contributed by atoms with van der Waals surface area (Å²) in [6.07, 6.45) is 0. The third kappa shape index (κ3) is 3.80. The van der Waals surface area contributed by atoms with Gasteiger partial charge < -0.3 is 25.3 Å². The molecule has 0 aliphatic rings. The predicted octanol–water partition coefficient (Wildman–Crippen LogP) is 0.755. The highest BCUT2D eigenvalue weighted by Crippen LogP contribution is 2.31. The van der Waals surface area contributed by atoms with E-state index in [9.17, 15) is 9.18 Å². The molecule has 0 radical (unpaired) electrons. The fourth-order valence-corrected chi connectivity index (χ4v) is 1.44. The minimum atomic E-state index is -0.847. The maximum absolute atomic E-state index is 13.6. The Bertz CT molecular complexity index is 454. The molecule has 106 valence electrons. The Labute approximate surface area is 110 Å². The Morgan fingerprint density at radius 1 is 1.32 bits per heavy atom. The first-order chi connectivity index (χ1) is 9.03. The normalized spacial score (nSPS) is 11.8. The van der Waals surface area contributed by atoms with Crippen molar-refractivity contribution in [1.82, 2.24) is 0 Å². The van der Waals surface area contributed by atoms with E-state index in [4.69, 9.17) is 19.9 Å². The third-order valence-electron chi connectivity index (χ3n) is 2.41. The quantitative estimate of drug-likeness (QED) is 0.798. The molecule has 19 heavy (non-hydrogen) atoms. The smallest absolute Gasteiger partial charge is 0.243 e. The van der Waals surface area contributed by atoms with Gasteiger partial charge in [0.15, 0.2) is 11.6 Å². The number of carbonyl (C=O) groups is 1. The highest BCUT2D eigenvalue weighted by molar-refractivity contribution is 5.96. The van der Waals surface area contributed by atoms with Gasteiger partial charge in [-0.2, -0.15) is 0 Å². The second-order valence-corrected chi connectivity index (χ2v) is 3.74. The van der Waals surface area contributed by atoms with E-state index >= 15 is 0 Å². The molecule has 1 amide bonds. The van der Waals surface area contributed by atoms with Crippen LogP contribution in [-0.2, 0) is 9.53 Å². The topological polar surface area (TPSA) is 82.8 Å². The Morgan fingerprint density at radius 2 is 1.95 bits per heavy atom. The van der Waals surface area contributed by atoms with Crippen LogP contribution in [0.25, 0.3) is 0 Å². The van der Waals surface area contributed by atoms with E-state index in [2.05, 4.69) is 5.32 Å². The van der Waals surface area contributed by atoms with Crippen molar-refractivity contribution in [3.8, 4) is 11.5 Å². The van der Waals surface area contributed by atoms with Gasteiger partial charge in [0.05, 0.1) is 26.5 Å². The molecule has 3 N–H and O–H groups in total. The van der Waals surface area contributed by atoms with Gasteiger partial charge in [0.1, 0.15) is 11.8 Å². The first-order valence-electron chi connectivity index (χ1n) is 5.50. The highest BCUT2D eigenvalue weighted by atomic mass is 19.1. The Balaban J connectivity index is 2.94. The molecule has 0 spiro atoms. The van der Waals surface area contributed by atoms with Crippen LogP contribution in [0.4, 0.5) is 10.1 Å². The molecule has 0 aliphatic carbocycles. The second kappa shape index (κ2) is 6.91. The van der Waals surface area contributed by atoms with E-state index in [0.717, 1.165) is 6.07 Å². The number of anilines is 1. The Morgan fingerprint density at radius 3 is 2.47 bits per heavy atom. The number of amides is 1. The Hall–Kier alpha value is -1.86. The third-order valence-corrected chi connectivity index (χ3v) is 2.41. The lowest BCUT2D eigenvalue weighted by atomic mass is 10.2. The second-order valence-electron chi connectivity index (χ2n) is 3.74. The number of nitrogens with two attached hydrogens (primary N) is 1. The fourth-order valence-electron chi connectivity index (χ4n) is 1.44. The molecule has 1 rings (SSSR count). The predicted molar refractivity (Wildman–Crippen MR) is 68.0 cm³/mol. The number of rotatable bonds is 6. The molecule has 7 heteroatoms. The van der Waals surface area contributed by atoms with Crippen molar-refractivity contribution in [2.45, 2.75) is 6.04 Å². The molecule has 1 aromatic rings. The number of methoxy groups -OCH3 is 3. The van der Waals surface area contributed by atoms with Crippen molar-refractivity contribution in [2.24, 2.45) is 5.73 Å². The van der Waals surface area contributed by atoms with E-state index in [1.54, 1.807) is 0 Å². The van der Waals surface area contributed by atoms with E-state index in [1.807, 2.05) is 0 Å². The summed E-state index contributed by atoms with van der Waals surface area (Å²) in [7, 11) is 4.17. The molecule has 0 bridgehead atoms. The van der Waals surface area contributed by atoms with Gasteiger partial charge in [0.2, 0.25) is 5.91 Å². The van der Waals surface area contributed by atoms with Gasteiger partial charge in [0.25, 0.3) is 0 Å². The molecule has 0 saturated carbocycles. The van der Waals surface area contributed by atoms with Crippen LogP contribution in [-0.4, -0.2) is 39.9 Å². The average Bonchev–Trinajstić information content (AvgIpc) is 2.39. The maximum atomic E-state index is 13.6. The van der Waals surface area contributed by atoms with Crippen molar-refractivity contribution in [1.29, 1.82) is 0 Å². The van der Waals surface area contributed by atoms with Gasteiger partial charge in [-0.15, -0.1) is 0 Å². The summed E-state index contributed by atoms with van der Waals surface area (Å²) in [5.41, 5.74) is 5.74. The van der Waals surface area contributed by atoms with E-state index in [-0.39, 0.29) is 23.8 Å². The lowest BCUT2D eigenvalue weighted by molar-refractivity contribution is -0.118. The van der Waals surface area contributed by atoms with Gasteiger partial charge in [-0.1, -0.05) is 0 Å². The summed E-state index contributed by atoms with van der Waals surface area (Å²) >= 11 is 0. The van der Waals surface area contributed by atoms with Crippen LogP contribution in [0.1, 0.15) is 0 Å². The largest absolute Gasteiger partial charge is 0.494 e. The minimum absolute atomic E-state index is 0.0241. The molecular weight excluding hydrogens is 255 g/mol. The summed E-state index contributed by atoms with van der Waals surface area (Å²) in [6, 6.07) is 1.60. The molecule has 0 aliphatic heterocycles. The molecule has 1 aromatic carbocycles. The summed E-state index contributed by atoms with van der Waals surface area (Å²) < 4.78 is 28.2. The molecule has 6 nitrogen and oxygen atoms in total. The van der Waals surface area contributed by atoms with E-state index in [0.29, 0.717) is 0 Å². The van der Waals surface area contributed by atoms with Crippen LogP contribution in [0.5, 0.6) is 11.5 Å². The summed E-state index contributed by atoms with van der Waals surface area (Å²) in [4.78, 5) is 11.7. The van der Waals surface area contributed by atoms with E-state index in [1.165, 1.54) is 27.4 Å². The zero-order valence-electron chi connectivity index (χ0n) is 11.0. The lowest BCUT2D eigenvalue weighted by Crippen LogP contribution is -2.39. The van der Waals surface area contributed by atoms with E-state index < -0.39 is 17.8 Å². The van der Waals surface area contributed by atoms with Crippen LogP contribution >= 0.6 is 0 Å². The molecule has 0 fully saturated rings. The van der Waals surface area contributed by atoms with Crippen molar-refractivity contribution < 1.29 is 23.4 Å². The van der Waals surface area contributed by atoms with Crippen LogP contribution in [0.2, 0.25) is 0 Å². The van der Waals surface area contributed by atoms with Crippen molar-refractivity contribution in [2.75, 3.05) is 33.3 Å². The summed E-state index contributed by atoms with van der Waals surface area (Å²) in [5, 5.41) is 2.47. The average molecular weight is 272 g/mol. The number of nitrogens with one attached hydrogen (secondary N) is 1. The number of carbonyl (C=O) groups excluding carboxylic acids is 1. The van der Waals surface area contributed by atoms with Crippen molar-refractivity contribution >= 4 is 11.6 Å². The number of halogens is 1. The lowest BCUT2D eigenvalue weighted by Gasteiger charge is -2.15. The number of hydrogen-bond acceptors (Lipinski definition) is 5. The monoisotopic (exact) mass is 272 g/mol. The number of hydrogen-bond donors (Lipinski definition) is 2. The van der Waals surface area contributed by atoms with Crippen LogP contribution < -0.4 is 20.5 Å². The van der Waals surface area contributed by atoms with Gasteiger partial charge in [0, 0.05) is 19.2 Å². The van der Waals surface area contributed by atoms with Crippen LogP contribution in [0, 0.1) is 5.82 Å². The molecule has 0 saturated heterocycles. The van der Waals surface area contributed by atoms with Gasteiger partial charge >= 0.3 is 0 Å². The van der Waals surface area contributed by atoms with Crippen molar-refractivity contribution in [3.63, 3.8) is 0 Å². The minimum Gasteiger partial charge on any atom is -0.494 e. The van der Waals surface area contributed by atoms with Crippen molar-refractivity contribution in [3.05, 3.63) is 17.9 Å².